The first-order valence-corrected chi connectivity index (χ1v) is 7.32. The first-order chi connectivity index (χ1) is 9.83. The van der Waals surface area contributed by atoms with Crippen LogP contribution in [0.4, 0.5) is 0 Å². The van der Waals surface area contributed by atoms with E-state index in [2.05, 4.69) is 0 Å². The summed E-state index contributed by atoms with van der Waals surface area (Å²) in [5.41, 5.74) is 4.08. The van der Waals surface area contributed by atoms with Crippen LogP contribution in [0.3, 0.4) is 0 Å². The van der Waals surface area contributed by atoms with Gasteiger partial charge in [0, 0.05) is 16.6 Å². The fraction of sp³-hybridized carbons (Fsp3) is 0.429. The Bertz CT molecular complexity index is 559. The maximum absolute atomic E-state index is 12.3. The number of β-amino-alcohol motifs (C(OH)–C–C–N with tert-alkyl or cyclic N) is 1. The highest BCUT2D eigenvalue weighted by molar-refractivity contribution is 6.36. The highest BCUT2D eigenvalue weighted by atomic mass is 35.5. The van der Waals surface area contributed by atoms with E-state index in [1.807, 2.05) is 0 Å². The van der Waals surface area contributed by atoms with Crippen LogP contribution in [0, 0.1) is 0 Å². The molecule has 5 nitrogen and oxygen atoms in total. The fourth-order valence-electron chi connectivity index (χ4n) is 2.41. The van der Waals surface area contributed by atoms with Crippen LogP contribution in [0.2, 0.25) is 10.0 Å². The number of nitrogens with two attached hydrogens (primary N) is 1. The van der Waals surface area contributed by atoms with E-state index in [1.165, 1.54) is 4.90 Å². The van der Waals surface area contributed by atoms with Gasteiger partial charge in [-0.15, -0.1) is 0 Å². The first-order valence-electron chi connectivity index (χ1n) is 6.56. The topological polar surface area (TPSA) is 83.6 Å². The molecular weight excluding hydrogens is 315 g/mol. The average Bonchev–Trinajstić information content (AvgIpc) is 2.43. The van der Waals surface area contributed by atoms with E-state index in [4.69, 9.17) is 28.9 Å². The quantitative estimate of drug-likeness (QED) is 0.878. The van der Waals surface area contributed by atoms with Gasteiger partial charge < -0.3 is 15.7 Å². The Morgan fingerprint density at radius 1 is 1.33 bits per heavy atom. The number of likely N-dealkylation sites (tertiary alicyclic amines) is 1. The maximum atomic E-state index is 12.3. The third-order valence-electron chi connectivity index (χ3n) is 3.67. The zero-order chi connectivity index (χ0) is 15.6. The summed E-state index contributed by atoms with van der Waals surface area (Å²) >= 11 is 12.1. The van der Waals surface area contributed by atoms with Crippen LogP contribution in [-0.2, 0) is 16.0 Å². The van der Waals surface area contributed by atoms with Gasteiger partial charge in [-0.3, -0.25) is 9.59 Å². The summed E-state index contributed by atoms with van der Waals surface area (Å²) in [5.74, 6) is -1.06. The Morgan fingerprint density at radius 3 is 2.52 bits per heavy atom. The van der Waals surface area contributed by atoms with Crippen molar-refractivity contribution in [2.24, 2.45) is 5.73 Å². The van der Waals surface area contributed by atoms with E-state index in [9.17, 15) is 14.7 Å². The number of rotatable bonds is 3. The van der Waals surface area contributed by atoms with Gasteiger partial charge in [0.05, 0.1) is 13.0 Å². The number of carbonyl (C=O) groups excluding carboxylic acids is 2. The maximum Gasteiger partial charge on any atom is 0.251 e. The standard InChI is InChI=1S/C14H16Cl2N2O3/c15-10-3-1-4-11(16)9(10)7-12(19)18-6-2-5-14(21,8-18)13(17)20/h1,3-4,21H,2,5-8H2,(H2,17,20)/t14-/m0/s1. The fourth-order valence-corrected chi connectivity index (χ4v) is 2.95. The molecule has 0 bridgehead atoms. The summed E-state index contributed by atoms with van der Waals surface area (Å²) in [6, 6.07) is 5.02. The van der Waals surface area contributed by atoms with Gasteiger partial charge in [0.15, 0.2) is 5.60 Å². The van der Waals surface area contributed by atoms with Crippen LogP contribution in [0.5, 0.6) is 0 Å². The van der Waals surface area contributed by atoms with E-state index in [1.54, 1.807) is 18.2 Å². The zero-order valence-electron chi connectivity index (χ0n) is 11.3. The number of nitrogens with zero attached hydrogens (tertiary/aromatic N) is 1. The van der Waals surface area contributed by atoms with Crippen molar-refractivity contribution in [1.29, 1.82) is 0 Å². The van der Waals surface area contributed by atoms with Crippen molar-refractivity contribution in [2.45, 2.75) is 24.9 Å². The average molecular weight is 331 g/mol. The second kappa shape index (κ2) is 6.22. The van der Waals surface area contributed by atoms with Gasteiger partial charge in [0.1, 0.15) is 0 Å². The van der Waals surface area contributed by atoms with Crippen LogP contribution >= 0.6 is 23.2 Å². The van der Waals surface area contributed by atoms with Crippen LogP contribution in [0.25, 0.3) is 0 Å². The molecule has 1 aromatic rings. The molecule has 0 spiro atoms. The minimum atomic E-state index is -1.65. The third kappa shape index (κ3) is 3.48. The lowest BCUT2D eigenvalue weighted by atomic mass is 9.92. The molecule has 114 valence electrons. The summed E-state index contributed by atoms with van der Waals surface area (Å²) in [5, 5.41) is 11.0. The van der Waals surface area contributed by atoms with Crippen LogP contribution in [0.1, 0.15) is 18.4 Å². The first kappa shape index (κ1) is 16.1. The van der Waals surface area contributed by atoms with Gasteiger partial charge in [0.2, 0.25) is 5.91 Å². The molecule has 1 aliphatic heterocycles. The normalized spacial score (nSPS) is 22.1. The number of piperidine rings is 1. The summed E-state index contributed by atoms with van der Waals surface area (Å²) < 4.78 is 0. The number of amides is 2. The van der Waals surface area contributed by atoms with E-state index < -0.39 is 11.5 Å². The van der Waals surface area contributed by atoms with Gasteiger partial charge in [-0.25, -0.2) is 0 Å². The van der Waals surface area contributed by atoms with Gasteiger partial charge in [-0.1, -0.05) is 29.3 Å². The molecule has 0 radical (unpaired) electrons. The van der Waals surface area contributed by atoms with Crippen molar-refractivity contribution in [3.8, 4) is 0 Å². The number of benzene rings is 1. The number of halogens is 2. The summed E-state index contributed by atoms with van der Waals surface area (Å²) in [4.78, 5) is 25.1. The summed E-state index contributed by atoms with van der Waals surface area (Å²) in [6.45, 7) is 0.375. The summed E-state index contributed by atoms with van der Waals surface area (Å²) in [7, 11) is 0. The van der Waals surface area contributed by atoms with Crippen molar-refractivity contribution in [2.75, 3.05) is 13.1 Å². The number of hydrogen-bond donors (Lipinski definition) is 2. The lowest BCUT2D eigenvalue weighted by Gasteiger charge is -2.37. The zero-order valence-corrected chi connectivity index (χ0v) is 12.8. The lowest BCUT2D eigenvalue weighted by Crippen LogP contribution is -2.57. The number of carbonyl (C=O) groups is 2. The van der Waals surface area contributed by atoms with Crippen molar-refractivity contribution in [3.63, 3.8) is 0 Å². The molecule has 1 fully saturated rings. The third-order valence-corrected chi connectivity index (χ3v) is 4.38. The Labute approximate surface area is 132 Å². The Balaban J connectivity index is 2.12. The van der Waals surface area contributed by atoms with Crippen LogP contribution in [0.15, 0.2) is 18.2 Å². The Morgan fingerprint density at radius 2 is 1.95 bits per heavy atom. The predicted octanol–water partition coefficient (Wildman–Crippen LogP) is 1.37. The van der Waals surface area contributed by atoms with Crippen molar-refractivity contribution in [3.05, 3.63) is 33.8 Å². The van der Waals surface area contributed by atoms with Crippen LogP contribution < -0.4 is 5.73 Å². The lowest BCUT2D eigenvalue weighted by molar-refractivity contribution is -0.148. The Kier molecular flexibility index (Phi) is 4.76. The number of primary amides is 1. The summed E-state index contributed by atoms with van der Waals surface area (Å²) in [6.07, 6.45) is 0.799. The minimum Gasteiger partial charge on any atom is -0.378 e. The second-order valence-electron chi connectivity index (χ2n) is 5.19. The molecule has 1 heterocycles. The monoisotopic (exact) mass is 330 g/mol. The molecule has 0 unspecified atom stereocenters. The second-order valence-corrected chi connectivity index (χ2v) is 6.01. The van der Waals surface area contributed by atoms with E-state index >= 15 is 0 Å². The number of aliphatic hydroxyl groups is 1. The van der Waals surface area contributed by atoms with Crippen molar-refractivity contribution in [1.82, 2.24) is 4.90 Å². The molecule has 0 aliphatic carbocycles. The molecule has 1 aliphatic rings. The molecule has 7 heteroatoms. The van der Waals surface area contributed by atoms with Crippen molar-refractivity contribution < 1.29 is 14.7 Å². The van der Waals surface area contributed by atoms with Gasteiger partial charge >= 0.3 is 0 Å². The molecular formula is C14H16Cl2N2O3. The molecule has 2 amide bonds. The smallest absolute Gasteiger partial charge is 0.251 e. The van der Waals surface area contributed by atoms with E-state index in [0.717, 1.165) is 0 Å². The minimum absolute atomic E-state index is 0.0212. The molecule has 0 saturated carbocycles. The molecule has 0 aromatic heterocycles. The van der Waals surface area contributed by atoms with Gasteiger partial charge in [-0.2, -0.15) is 0 Å². The van der Waals surface area contributed by atoms with Gasteiger partial charge in [0.25, 0.3) is 5.91 Å². The number of hydrogen-bond acceptors (Lipinski definition) is 3. The Hall–Kier alpha value is -1.30. The SMILES string of the molecule is NC(=O)[C@]1(O)CCCN(C(=O)Cc2c(Cl)cccc2Cl)C1. The molecule has 2 rings (SSSR count). The molecule has 1 atom stereocenters. The largest absolute Gasteiger partial charge is 0.378 e. The highest BCUT2D eigenvalue weighted by Crippen LogP contribution is 2.27. The van der Waals surface area contributed by atoms with E-state index in [-0.39, 0.29) is 25.3 Å². The predicted molar refractivity (Wildman–Crippen MR) is 80.1 cm³/mol. The molecule has 3 N–H and O–H groups in total. The highest BCUT2D eigenvalue weighted by Gasteiger charge is 2.40. The van der Waals surface area contributed by atoms with Crippen LogP contribution in [-0.4, -0.2) is 40.5 Å². The molecule has 1 saturated heterocycles. The van der Waals surface area contributed by atoms with E-state index in [0.29, 0.717) is 28.6 Å². The molecule has 1 aromatic carbocycles. The van der Waals surface area contributed by atoms with Gasteiger partial charge in [-0.05, 0) is 30.5 Å². The molecule has 21 heavy (non-hydrogen) atoms. The van der Waals surface area contributed by atoms with Crippen molar-refractivity contribution >= 4 is 35.0 Å².